The molecule has 0 aromatic rings. The van der Waals surface area contributed by atoms with E-state index in [1.807, 2.05) is 27.7 Å². The van der Waals surface area contributed by atoms with E-state index >= 15 is 0 Å². The Morgan fingerprint density at radius 3 is 2.12 bits per heavy atom. The highest BCUT2D eigenvalue weighted by molar-refractivity contribution is 5.71. The number of likely N-dealkylation sites (tertiary alicyclic amines) is 1. The van der Waals surface area contributed by atoms with E-state index in [4.69, 9.17) is 9.47 Å². The maximum absolute atomic E-state index is 12.3. The molecule has 1 aliphatic carbocycles. The largest absolute Gasteiger partial charge is 0.465 e. The summed E-state index contributed by atoms with van der Waals surface area (Å²) in [5, 5.41) is 0. The third-order valence-corrected chi connectivity index (χ3v) is 5.25. The number of carbonyl (C=O) groups excluding carboxylic acids is 2. The van der Waals surface area contributed by atoms with Crippen LogP contribution in [0.15, 0.2) is 0 Å². The van der Waals surface area contributed by atoms with Gasteiger partial charge in [0.25, 0.3) is 0 Å². The lowest BCUT2D eigenvalue weighted by atomic mass is 9.91. The Bertz CT molecular complexity index is 461. The zero-order valence-electron chi connectivity index (χ0n) is 17.0. The van der Waals surface area contributed by atoms with Crippen molar-refractivity contribution in [3.8, 4) is 0 Å². The molecule has 0 unspecified atom stereocenters. The summed E-state index contributed by atoms with van der Waals surface area (Å²) >= 11 is 0. The molecule has 150 valence electrons. The van der Waals surface area contributed by atoms with Crippen LogP contribution in [0.2, 0.25) is 0 Å². The van der Waals surface area contributed by atoms with Crippen LogP contribution in [-0.4, -0.2) is 65.8 Å². The van der Waals surface area contributed by atoms with Crippen LogP contribution in [0.5, 0.6) is 0 Å². The number of amides is 1. The van der Waals surface area contributed by atoms with Crippen molar-refractivity contribution in [3.63, 3.8) is 0 Å². The van der Waals surface area contributed by atoms with Crippen molar-refractivity contribution in [1.82, 2.24) is 9.80 Å². The molecule has 1 amide bonds. The minimum atomic E-state index is -0.466. The number of hydrogen-bond donors (Lipinski definition) is 0. The van der Waals surface area contributed by atoms with E-state index in [0.29, 0.717) is 38.3 Å². The molecule has 6 nitrogen and oxygen atoms in total. The highest BCUT2D eigenvalue weighted by Crippen LogP contribution is 2.28. The predicted molar refractivity (Wildman–Crippen MR) is 101 cm³/mol. The summed E-state index contributed by atoms with van der Waals surface area (Å²) in [6.45, 7) is 9.69. The second-order valence-electron chi connectivity index (χ2n) is 8.47. The highest BCUT2D eigenvalue weighted by Gasteiger charge is 2.34. The monoisotopic (exact) mass is 368 g/mol. The van der Waals surface area contributed by atoms with Gasteiger partial charge in [-0.3, -0.25) is 9.69 Å². The molecule has 2 rings (SSSR count). The van der Waals surface area contributed by atoms with Crippen molar-refractivity contribution in [3.05, 3.63) is 0 Å². The number of piperidine rings is 1. The SMILES string of the molecule is CCOC(=O)CN(C1CCCCC1)C1CCN(C(=O)OC(C)(C)C)CC1. The zero-order chi connectivity index (χ0) is 19.2. The average molecular weight is 369 g/mol. The van der Waals surface area contributed by atoms with Crippen molar-refractivity contribution in [1.29, 1.82) is 0 Å². The first kappa shape index (κ1) is 21.0. The van der Waals surface area contributed by atoms with Gasteiger partial charge in [0.05, 0.1) is 13.2 Å². The van der Waals surface area contributed by atoms with Crippen molar-refractivity contribution >= 4 is 12.1 Å². The fourth-order valence-electron chi connectivity index (χ4n) is 4.03. The van der Waals surface area contributed by atoms with Gasteiger partial charge in [-0.1, -0.05) is 19.3 Å². The lowest BCUT2D eigenvalue weighted by Gasteiger charge is -2.43. The van der Waals surface area contributed by atoms with E-state index in [1.54, 1.807) is 4.90 Å². The van der Waals surface area contributed by atoms with Crippen LogP contribution in [-0.2, 0) is 14.3 Å². The van der Waals surface area contributed by atoms with Crippen LogP contribution in [0, 0.1) is 0 Å². The molecule has 1 saturated heterocycles. The lowest BCUT2D eigenvalue weighted by molar-refractivity contribution is -0.146. The average Bonchev–Trinajstić information content (AvgIpc) is 2.59. The Morgan fingerprint density at radius 1 is 1.00 bits per heavy atom. The van der Waals surface area contributed by atoms with E-state index in [-0.39, 0.29) is 12.1 Å². The Hall–Kier alpha value is -1.30. The Morgan fingerprint density at radius 2 is 1.58 bits per heavy atom. The van der Waals surface area contributed by atoms with E-state index < -0.39 is 5.60 Å². The minimum Gasteiger partial charge on any atom is -0.465 e. The topological polar surface area (TPSA) is 59.1 Å². The third kappa shape index (κ3) is 6.45. The molecule has 0 aromatic carbocycles. The fraction of sp³-hybridized carbons (Fsp3) is 0.900. The summed E-state index contributed by atoms with van der Waals surface area (Å²) < 4.78 is 10.7. The van der Waals surface area contributed by atoms with Gasteiger partial charge in [-0.2, -0.15) is 0 Å². The van der Waals surface area contributed by atoms with Gasteiger partial charge in [0.2, 0.25) is 0 Å². The van der Waals surface area contributed by atoms with Crippen LogP contribution in [0.25, 0.3) is 0 Å². The summed E-state index contributed by atoms with van der Waals surface area (Å²) in [4.78, 5) is 28.6. The molecule has 0 aromatic heterocycles. The molecule has 1 saturated carbocycles. The second-order valence-corrected chi connectivity index (χ2v) is 8.47. The van der Waals surface area contributed by atoms with E-state index in [1.165, 1.54) is 19.3 Å². The number of hydrogen-bond acceptors (Lipinski definition) is 5. The normalized spacial score (nSPS) is 20.3. The number of esters is 1. The Labute approximate surface area is 158 Å². The van der Waals surface area contributed by atoms with Gasteiger partial charge < -0.3 is 14.4 Å². The van der Waals surface area contributed by atoms with Gasteiger partial charge in [0, 0.05) is 25.2 Å². The van der Waals surface area contributed by atoms with Gasteiger partial charge in [-0.05, 0) is 53.4 Å². The fourth-order valence-corrected chi connectivity index (χ4v) is 4.03. The van der Waals surface area contributed by atoms with E-state index in [0.717, 1.165) is 25.7 Å². The molecule has 0 N–H and O–H groups in total. The Kier molecular flexibility index (Phi) is 7.74. The molecule has 0 atom stereocenters. The highest BCUT2D eigenvalue weighted by atomic mass is 16.6. The van der Waals surface area contributed by atoms with Gasteiger partial charge >= 0.3 is 12.1 Å². The van der Waals surface area contributed by atoms with Crippen molar-refractivity contribution in [2.24, 2.45) is 0 Å². The molecule has 26 heavy (non-hydrogen) atoms. The number of ether oxygens (including phenoxy) is 2. The molecule has 0 bridgehead atoms. The van der Waals surface area contributed by atoms with Crippen LogP contribution >= 0.6 is 0 Å². The standard InChI is InChI=1S/C20H36N2O4/c1-5-25-18(23)15-22(16-9-7-6-8-10-16)17-11-13-21(14-12-17)19(24)26-20(2,3)4/h16-17H,5-15H2,1-4H3. The first-order valence-corrected chi connectivity index (χ1v) is 10.2. The second kappa shape index (κ2) is 9.58. The molecule has 6 heteroatoms. The maximum Gasteiger partial charge on any atom is 0.410 e. The third-order valence-electron chi connectivity index (χ3n) is 5.25. The van der Waals surface area contributed by atoms with Crippen LogP contribution in [0.3, 0.4) is 0 Å². The number of nitrogens with zero attached hydrogens (tertiary/aromatic N) is 2. The maximum atomic E-state index is 12.3. The summed E-state index contributed by atoms with van der Waals surface area (Å²) in [5.41, 5.74) is -0.466. The molecule has 2 fully saturated rings. The first-order chi connectivity index (χ1) is 12.3. The van der Waals surface area contributed by atoms with Crippen molar-refractivity contribution in [2.45, 2.75) is 90.3 Å². The molecular formula is C20H36N2O4. The number of carbonyl (C=O) groups is 2. The smallest absolute Gasteiger partial charge is 0.410 e. The van der Waals surface area contributed by atoms with Crippen LogP contribution < -0.4 is 0 Å². The predicted octanol–water partition coefficient (Wildman–Crippen LogP) is 3.58. The van der Waals surface area contributed by atoms with Crippen LogP contribution in [0.1, 0.15) is 72.6 Å². The molecule has 0 spiro atoms. The Balaban J connectivity index is 1.94. The van der Waals surface area contributed by atoms with E-state index in [9.17, 15) is 9.59 Å². The summed E-state index contributed by atoms with van der Waals surface area (Å²) in [5.74, 6) is -0.132. The molecule has 0 radical (unpaired) electrons. The molecule has 1 heterocycles. The summed E-state index contributed by atoms with van der Waals surface area (Å²) in [6.07, 6.45) is 7.62. The van der Waals surface area contributed by atoms with Gasteiger partial charge in [0.1, 0.15) is 5.60 Å². The zero-order valence-corrected chi connectivity index (χ0v) is 17.0. The van der Waals surface area contributed by atoms with Gasteiger partial charge in [-0.15, -0.1) is 0 Å². The minimum absolute atomic E-state index is 0.132. The van der Waals surface area contributed by atoms with Crippen molar-refractivity contribution < 1.29 is 19.1 Å². The molecule has 2 aliphatic rings. The first-order valence-electron chi connectivity index (χ1n) is 10.2. The van der Waals surface area contributed by atoms with E-state index in [2.05, 4.69) is 4.90 Å². The van der Waals surface area contributed by atoms with Gasteiger partial charge in [-0.25, -0.2) is 4.79 Å². The van der Waals surface area contributed by atoms with Crippen LogP contribution in [0.4, 0.5) is 4.79 Å². The quantitative estimate of drug-likeness (QED) is 0.694. The molecular weight excluding hydrogens is 332 g/mol. The van der Waals surface area contributed by atoms with Gasteiger partial charge in [0.15, 0.2) is 0 Å². The summed E-state index contributed by atoms with van der Waals surface area (Å²) in [7, 11) is 0. The number of rotatable bonds is 5. The molecule has 1 aliphatic heterocycles. The van der Waals surface area contributed by atoms with Crippen molar-refractivity contribution in [2.75, 3.05) is 26.2 Å². The lowest BCUT2D eigenvalue weighted by Crippen LogP contribution is -2.52. The summed E-state index contributed by atoms with van der Waals surface area (Å²) in [6, 6.07) is 0.799.